The number of hydrogen-bond donors (Lipinski definition) is 1. The molecule has 0 fully saturated rings. The quantitative estimate of drug-likeness (QED) is 0.893. The van der Waals surface area contributed by atoms with Gasteiger partial charge in [0.2, 0.25) is 5.91 Å². The first-order chi connectivity index (χ1) is 8.06. The molecular weight excluding hydrogens is 259 g/mol. The number of carbonyl (C=O) groups excluding carboxylic acids is 1. The lowest BCUT2D eigenvalue weighted by Gasteiger charge is -2.17. The molecule has 0 saturated carbocycles. The van der Waals surface area contributed by atoms with Gasteiger partial charge >= 0.3 is 0 Å². The second kappa shape index (κ2) is 6.84. The van der Waals surface area contributed by atoms with E-state index in [1.807, 2.05) is 7.05 Å². The largest absolute Gasteiger partial charge is 0.344 e. The van der Waals surface area contributed by atoms with Crippen molar-refractivity contribution in [3.63, 3.8) is 0 Å². The first-order valence-electron chi connectivity index (χ1n) is 5.37. The second-order valence-electron chi connectivity index (χ2n) is 3.80. The summed E-state index contributed by atoms with van der Waals surface area (Å²) in [6, 6.07) is 5.25. The summed E-state index contributed by atoms with van der Waals surface area (Å²) in [7, 11) is 3.62. The number of nitrogens with zero attached hydrogens (tertiary/aromatic N) is 1. The van der Waals surface area contributed by atoms with Crippen LogP contribution in [0.15, 0.2) is 18.2 Å². The highest BCUT2D eigenvalue weighted by Crippen LogP contribution is 2.24. The van der Waals surface area contributed by atoms with Crippen LogP contribution in [0.3, 0.4) is 0 Å². The van der Waals surface area contributed by atoms with Gasteiger partial charge in [-0.3, -0.25) is 4.79 Å². The van der Waals surface area contributed by atoms with Crippen LogP contribution in [0, 0.1) is 0 Å². The van der Waals surface area contributed by atoms with Crippen LogP contribution in [0.4, 0.5) is 0 Å². The second-order valence-corrected chi connectivity index (χ2v) is 4.61. The van der Waals surface area contributed by atoms with Crippen LogP contribution in [0.25, 0.3) is 0 Å². The van der Waals surface area contributed by atoms with Crippen molar-refractivity contribution in [3.8, 4) is 0 Å². The van der Waals surface area contributed by atoms with Gasteiger partial charge in [-0.2, -0.15) is 0 Å². The predicted octanol–water partition coefficient (Wildman–Crippen LogP) is 2.21. The molecule has 1 aromatic rings. The van der Waals surface area contributed by atoms with E-state index in [9.17, 15) is 4.79 Å². The number of likely N-dealkylation sites (N-methyl/N-ethyl adjacent to an activating group) is 2. The van der Waals surface area contributed by atoms with Crippen LogP contribution in [-0.4, -0.2) is 38.0 Å². The summed E-state index contributed by atoms with van der Waals surface area (Å²) in [5.74, 6) is 0.00949. The Balaban J connectivity index is 2.68. The summed E-state index contributed by atoms with van der Waals surface area (Å²) < 4.78 is 0. The van der Waals surface area contributed by atoms with Crippen molar-refractivity contribution in [1.29, 1.82) is 0 Å². The van der Waals surface area contributed by atoms with Gasteiger partial charge in [0.25, 0.3) is 0 Å². The molecule has 0 unspecified atom stereocenters. The minimum absolute atomic E-state index is 0.00949. The molecule has 0 aliphatic heterocycles. The Bertz CT molecular complexity index is 376. The fourth-order valence-corrected chi connectivity index (χ4v) is 1.92. The predicted molar refractivity (Wildman–Crippen MR) is 71.7 cm³/mol. The molecule has 1 aromatic carbocycles. The molecule has 0 atom stereocenters. The third kappa shape index (κ3) is 4.19. The summed E-state index contributed by atoms with van der Waals surface area (Å²) in [5.41, 5.74) is 0.692. The van der Waals surface area contributed by atoms with Crippen LogP contribution in [-0.2, 0) is 11.2 Å². The molecule has 0 bridgehead atoms. The monoisotopic (exact) mass is 274 g/mol. The Kier molecular flexibility index (Phi) is 5.75. The number of rotatable bonds is 5. The third-order valence-electron chi connectivity index (χ3n) is 2.51. The van der Waals surface area contributed by atoms with Crippen molar-refractivity contribution < 1.29 is 4.79 Å². The molecule has 94 valence electrons. The lowest BCUT2D eigenvalue weighted by Crippen LogP contribution is -2.33. The lowest BCUT2D eigenvalue weighted by molar-refractivity contribution is -0.129. The molecule has 0 aliphatic rings. The number of nitrogens with one attached hydrogen (secondary N) is 1. The van der Waals surface area contributed by atoms with Gasteiger partial charge in [-0.05, 0) is 24.7 Å². The average Bonchev–Trinajstić information content (AvgIpc) is 2.30. The zero-order chi connectivity index (χ0) is 12.8. The van der Waals surface area contributed by atoms with E-state index in [2.05, 4.69) is 5.32 Å². The van der Waals surface area contributed by atoms with Crippen molar-refractivity contribution in [1.82, 2.24) is 10.2 Å². The van der Waals surface area contributed by atoms with Crippen LogP contribution in [0.5, 0.6) is 0 Å². The summed E-state index contributed by atoms with van der Waals surface area (Å²) in [6.45, 7) is 1.43. The molecule has 0 aliphatic carbocycles. The lowest BCUT2D eigenvalue weighted by atomic mass is 10.1. The topological polar surface area (TPSA) is 32.3 Å². The Hall–Kier alpha value is -0.770. The van der Waals surface area contributed by atoms with Crippen LogP contribution >= 0.6 is 23.2 Å². The Morgan fingerprint density at radius 2 is 1.94 bits per heavy atom. The van der Waals surface area contributed by atoms with Crippen molar-refractivity contribution >= 4 is 29.1 Å². The summed E-state index contributed by atoms with van der Waals surface area (Å²) in [5, 5.41) is 4.06. The number of carbonyl (C=O) groups is 1. The van der Waals surface area contributed by atoms with E-state index < -0.39 is 0 Å². The average molecular weight is 275 g/mol. The van der Waals surface area contributed by atoms with Crippen molar-refractivity contribution in [2.24, 2.45) is 0 Å². The molecular formula is C12H16Cl2N2O. The van der Waals surface area contributed by atoms with Gasteiger partial charge in [0.1, 0.15) is 0 Å². The summed E-state index contributed by atoms with van der Waals surface area (Å²) in [6.07, 6.45) is 0.235. The fourth-order valence-electron chi connectivity index (χ4n) is 1.39. The minimum Gasteiger partial charge on any atom is -0.344 e. The van der Waals surface area contributed by atoms with E-state index >= 15 is 0 Å². The zero-order valence-corrected chi connectivity index (χ0v) is 11.5. The van der Waals surface area contributed by atoms with Crippen LogP contribution < -0.4 is 5.32 Å². The molecule has 3 nitrogen and oxygen atoms in total. The molecule has 0 aromatic heterocycles. The number of amides is 1. The molecule has 17 heavy (non-hydrogen) atoms. The maximum absolute atomic E-state index is 11.9. The van der Waals surface area contributed by atoms with Gasteiger partial charge in [0.05, 0.1) is 6.42 Å². The number of hydrogen-bond acceptors (Lipinski definition) is 2. The standard InChI is InChI=1S/C12H16Cl2N2O/c1-15-6-7-16(2)12(17)8-9-10(13)4-3-5-11(9)14/h3-5,15H,6-8H2,1-2H3. The van der Waals surface area contributed by atoms with E-state index in [4.69, 9.17) is 23.2 Å². The Morgan fingerprint density at radius 3 is 2.47 bits per heavy atom. The van der Waals surface area contributed by atoms with Crippen molar-refractivity contribution in [2.45, 2.75) is 6.42 Å². The van der Waals surface area contributed by atoms with E-state index in [0.717, 1.165) is 6.54 Å². The normalized spacial score (nSPS) is 10.4. The molecule has 1 amide bonds. The smallest absolute Gasteiger partial charge is 0.226 e. The van der Waals surface area contributed by atoms with Gasteiger partial charge in [0, 0.05) is 30.2 Å². The van der Waals surface area contributed by atoms with E-state index in [1.165, 1.54) is 0 Å². The first kappa shape index (κ1) is 14.3. The maximum atomic E-state index is 11.9. The number of benzene rings is 1. The van der Waals surface area contributed by atoms with Crippen LogP contribution in [0.1, 0.15) is 5.56 Å². The number of halogens is 2. The van der Waals surface area contributed by atoms with Gasteiger partial charge in [0.15, 0.2) is 0 Å². The third-order valence-corrected chi connectivity index (χ3v) is 3.22. The maximum Gasteiger partial charge on any atom is 0.226 e. The van der Waals surface area contributed by atoms with Gasteiger partial charge in [-0.1, -0.05) is 29.3 Å². The molecule has 0 spiro atoms. The minimum atomic E-state index is 0.00949. The van der Waals surface area contributed by atoms with E-state index in [1.54, 1.807) is 30.1 Å². The van der Waals surface area contributed by atoms with E-state index in [-0.39, 0.29) is 12.3 Å². The first-order valence-corrected chi connectivity index (χ1v) is 6.13. The fraction of sp³-hybridized carbons (Fsp3) is 0.417. The van der Waals surface area contributed by atoms with Gasteiger partial charge in [-0.25, -0.2) is 0 Å². The highest BCUT2D eigenvalue weighted by Gasteiger charge is 2.13. The summed E-state index contributed by atoms with van der Waals surface area (Å²) in [4.78, 5) is 13.6. The Labute approximate surface area is 112 Å². The van der Waals surface area contributed by atoms with Crippen LogP contribution in [0.2, 0.25) is 10.0 Å². The summed E-state index contributed by atoms with van der Waals surface area (Å²) >= 11 is 12.0. The SMILES string of the molecule is CNCCN(C)C(=O)Cc1c(Cl)cccc1Cl. The molecule has 5 heteroatoms. The highest BCUT2D eigenvalue weighted by atomic mass is 35.5. The van der Waals surface area contributed by atoms with Gasteiger partial charge in [-0.15, -0.1) is 0 Å². The van der Waals surface area contributed by atoms with Crippen molar-refractivity contribution in [2.75, 3.05) is 27.2 Å². The Morgan fingerprint density at radius 1 is 1.35 bits per heavy atom. The molecule has 0 radical (unpaired) electrons. The molecule has 1 N–H and O–H groups in total. The molecule has 0 heterocycles. The highest BCUT2D eigenvalue weighted by molar-refractivity contribution is 6.36. The van der Waals surface area contributed by atoms with E-state index in [0.29, 0.717) is 22.2 Å². The van der Waals surface area contributed by atoms with Crippen molar-refractivity contribution in [3.05, 3.63) is 33.8 Å². The molecule has 0 saturated heterocycles. The van der Waals surface area contributed by atoms with Gasteiger partial charge < -0.3 is 10.2 Å². The zero-order valence-electron chi connectivity index (χ0n) is 9.96. The molecule has 1 rings (SSSR count).